The van der Waals surface area contributed by atoms with Gasteiger partial charge in [0, 0.05) is 62.5 Å². The monoisotopic (exact) mass is 399 g/mol. The van der Waals surface area contributed by atoms with E-state index in [0.717, 1.165) is 63.2 Å². The first-order valence-electron chi connectivity index (χ1n) is 10.5. The van der Waals surface area contributed by atoms with Crippen LogP contribution < -0.4 is 20.9 Å². The van der Waals surface area contributed by atoms with Crippen molar-refractivity contribution in [1.29, 1.82) is 0 Å². The number of carbonyl (C=O) groups excluding carboxylic acids is 3. The van der Waals surface area contributed by atoms with E-state index in [9.17, 15) is 14.4 Å². The fourth-order valence-electron chi connectivity index (χ4n) is 4.46. The van der Waals surface area contributed by atoms with Gasteiger partial charge >= 0.3 is 6.03 Å². The molecule has 0 spiro atoms. The number of imide groups is 1. The van der Waals surface area contributed by atoms with Crippen LogP contribution in [0.5, 0.6) is 0 Å². The number of hydrogen-bond donors (Lipinski definition) is 2. The number of anilines is 2. The lowest BCUT2D eigenvalue weighted by molar-refractivity contribution is -0.137. The van der Waals surface area contributed by atoms with E-state index in [1.807, 2.05) is 29.2 Å². The highest BCUT2D eigenvalue weighted by molar-refractivity contribution is 6.05. The van der Waals surface area contributed by atoms with Crippen molar-refractivity contribution >= 4 is 29.2 Å². The van der Waals surface area contributed by atoms with Crippen LogP contribution in [0, 0.1) is 5.92 Å². The molecule has 29 heavy (non-hydrogen) atoms. The molecule has 8 heteroatoms. The predicted octanol–water partition coefficient (Wildman–Crippen LogP) is 1.30. The summed E-state index contributed by atoms with van der Waals surface area (Å²) in [4.78, 5) is 41.9. The normalized spacial score (nSPS) is 25.8. The predicted molar refractivity (Wildman–Crippen MR) is 111 cm³/mol. The van der Waals surface area contributed by atoms with Crippen molar-refractivity contribution in [3.63, 3.8) is 0 Å². The van der Waals surface area contributed by atoms with Crippen molar-refractivity contribution in [2.24, 2.45) is 11.7 Å². The molecule has 0 atom stereocenters. The molecule has 0 aromatic heterocycles. The maximum absolute atomic E-state index is 12.8. The number of urea groups is 1. The van der Waals surface area contributed by atoms with E-state index in [0.29, 0.717) is 13.0 Å². The van der Waals surface area contributed by atoms with Gasteiger partial charge in [0.15, 0.2) is 0 Å². The second-order valence-corrected chi connectivity index (χ2v) is 8.20. The van der Waals surface area contributed by atoms with Crippen LogP contribution in [0.4, 0.5) is 16.2 Å². The molecule has 4 rings (SSSR count). The molecule has 8 nitrogen and oxygen atoms in total. The van der Waals surface area contributed by atoms with Crippen LogP contribution in [0.25, 0.3) is 0 Å². The molecule has 0 bridgehead atoms. The molecule has 3 fully saturated rings. The number of amides is 4. The van der Waals surface area contributed by atoms with Gasteiger partial charge < -0.3 is 15.5 Å². The van der Waals surface area contributed by atoms with Crippen molar-refractivity contribution in [2.75, 3.05) is 42.5 Å². The molecule has 4 amide bonds. The molecule has 0 radical (unpaired) electrons. The molecule has 1 aliphatic carbocycles. The topological polar surface area (TPSA) is 99.0 Å². The fourth-order valence-corrected chi connectivity index (χ4v) is 4.46. The molecule has 3 N–H and O–H groups in total. The van der Waals surface area contributed by atoms with Crippen LogP contribution in [-0.2, 0) is 9.59 Å². The minimum absolute atomic E-state index is 0.142. The van der Waals surface area contributed by atoms with E-state index in [1.165, 1.54) is 0 Å². The molecular formula is C21H29N5O3. The average Bonchev–Trinajstić information content (AvgIpc) is 2.74. The molecule has 1 saturated carbocycles. The van der Waals surface area contributed by atoms with Crippen molar-refractivity contribution in [1.82, 2.24) is 10.2 Å². The van der Waals surface area contributed by atoms with Gasteiger partial charge in [-0.2, -0.15) is 0 Å². The number of nitrogens with zero attached hydrogens (tertiary/aromatic N) is 3. The highest BCUT2D eigenvalue weighted by Gasteiger charge is 2.30. The van der Waals surface area contributed by atoms with Gasteiger partial charge in [0.25, 0.3) is 0 Å². The van der Waals surface area contributed by atoms with Crippen LogP contribution in [0.3, 0.4) is 0 Å². The third kappa shape index (κ3) is 4.37. The summed E-state index contributed by atoms with van der Waals surface area (Å²) in [7, 11) is 0. The van der Waals surface area contributed by atoms with Crippen LogP contribution in [0.15, 0.2) is 24.3 Å². The Morgan fingerprint density at radius 3 is 2.14 bits per heavy atom. The number of nitrogens with two attached hydrogens (primary N) is 1. The Hall–Kier alpha value is -2.61. The maximum Gasteiger partial charge on any atom is 0.328 e. The van der Waals surface area contributed by atoms with Gasteiger partial charge in [-0.25, -0.2) is 4.79 Å². The third-order valence-corrected chi connectivity index (χ3v) is 6.29. The number of nitrogens with one attached hydrogen (secondary N) is 1. The van der Waals surface area contributed by atoms with E-state index in [2.05, 4.69) is 10.2 Å². The summed E-state index contributed by atoms with van der Waals surface area (Å²) in [5.41, 5.74) is 7.82. The molecule has 2 aliphatic heterocycles. The zero-order valence-corrected chi connectivity index (χ0v) is 16.7. The second-order valence-electron chi connectivity index (χ2n) is 8.20. The SMILES string of the molecule is NC1CCC(C(=O)N2CCN(c3ccc(N4CCC(=O)NC4=O)cc3)CC2)CC1. The zero-order chi connectivity index (χ0) is 20.4. The van der Waals surface area contributed by atoms with E-state index < -0.39 is 0 Å². The summed E-state index contributed by atoms with van der Waals surface area (Å²) < 4.78 is 0. The van der Waals surface area contributed by atoms with Crippen LogP contribution in [0.2, 0.25) is 0 Å². The number of piperazine rings is 1. The van der Waals surface area contributed by atoms with Crippen LogP contribution in [0.1, 0.15) is 32.1 Å². The molecular weight excluding hydrogens is 370 g/mol. The van der Waals surface area contributed by atoms with E-state index in [4.69, 9.17) is 5.73 Å². The zero-order valence-electron chi connectivity index (χ0n) is 16.7. The van der Waals surface area contributed by atoms with Crippen molar-refractivity contribution in [3.8, 4) is 0 Å². The first-order chi connectivity index (χ1) is 14.0. The minimum atomic E-state index is -0.371. The Morgan fingerprint density at radius 1 is 0.897 bits per heavy atom. The van der Waals surface area contributed by atoms with Crippen molar-refractivity contribution in [3.05, 3.63) is 24.3 Å². The number of benzene rings is 1. The Bertz CT molecular complexity index is 765. The van der Waals surface area contributed by atoms with Gasteiger partial charge in [-0.3, -0.25) is 19.8 Å². The van der Waals surface area contributed by atoms with Crippen LogP contribution in [-0.4, -0.2) is 61.5 Å². The molecule has 3 aliphatic rings. The summed E-state index contributed by atoms with van der Waals surface area (Å²) in [6.45, 7) is 3.47. The van der Waals surface area contributed by atoms with Crippen molar-refractivity contribution < 1.29 is 14.4 Å². The Balaban J connectivity index is 1.31. The lowest BCUT2D eigenvalue weighted by Gasteiger charge is -2.38. The molecule has 1 aromatic rings. The minimum Gasteiger partial charge on any atom is -0.368 e. The summed E-state index contributed by atoms with van der Waals surface area (Å²) in [5.74, 6) is 0.201. The van der Waals surface area contributed by atoms with Crippen molar-refractivity contribution in [2.45, 2.75) is 38.1 Å². The summed E-state index contributed by atoms with van der Waals surface area (Å²) >= 11 is 0. The van der Waals surface area contributed by atoms with Gasteiger partial charge in [-0.05, 0) is 49.9 Å². The molecule has 1 aromatic carbocycles. The highest BCUT2D eigenvalue weighted by Crippen LogP contribution is 2.27. The van der Waals surface area contributed by atoms with E-state index >= 15 is 0 Å². The number of carbonyl (C=O) groups is 3. The van der Waals surface area contributed by atoms with E-state index in [1.54, 1.807) is 4.90 Å². The quantitative estimate of drug-likeness (QED) is 0.798. The molecule has 2 saturated heterocycles. The van der Waals surface area contributed by atoms with Gasteiger partial charge in [-0.1, -0.05) is 0 Å². The highest BCUT2D eigenvalue weighted by atomic mass is 16.2. The first-order valence-corrected chi connectivity index (χ1v) is 10.5. The molecule has 2 heterocycles. The second kappa shape index (κ2) is 8.41. The largest absolute Gasteiger partial charge is 0.368 e. The Kier molecular flexibility index (Phi) is 5.71. The molecule has 156 valence electrons. The van der Waals surface area contributed by atoms with E-state index in [-0.39, 0.29) is 29.8 Å². The lowest BCUT2D eigenvalue weighted by atomic mass is 9.85. The maximum atomic E-state index is 12.8. The Labute approximate surface area is 171 Å². The molecule has 0 unspecified atom stereocenters. The number of hydrogen-bond acceptors (Lipinski definition) is 5. The first kappa shape index (κ1) is 19.7. The smallest absolute Gasteiger partial charge is 0.328 e. The summed E-state index contributed by atoms with van der Waals surface area (Å²) in [6, 6.07) is 7.71. The summed E-state index contributed by atoms with van der Waals surface area (Å²) in [5, 5.41) is 2.34. The van der Waals surface area contributed by atoms with Gasteiger partial charge in [0.1, 0.15) is 0 Å². The standard InChI is InChI=1S/C21H29N5O3/c22-16-3-1-15(2-4-16)20(28)25-13-11-24(12-14-25)17-5-7-18(8-6-17)26-10-9-19(27)23-21(26)29/h5-8,15-16H,1-4,9-14,22H2,(H,23,27,29). The summed E-state index contributed by atoms with van der Waals surface area (Å²) in [6.07, 6.45) is 4.04. The number of rotatable bonds is 3. The third-order valence-electron chi connectivity index (χ3n) is 6.29. The van der Waals surface area contributed by atoms with Crippen LogP contribution >= 0.6 is 0 Å². The fraction of sp³-hybridized carbons (Fsp3) is 0.571. The van der Waals surface area contributed by atoms with Gasteiger partial charge in [0.05, 0.1) is 0 Å². The van der Waals surface area contributed by atoms with Gasteiger partial charge in [0.2, 0.25) is 11.8 Å². The van der Waals surface area contributed by atoms with Gasteiger partial charge in [-0.15, -0.1) is 0 Å². The Morgan fingerprint density at radius 2 is 1.52 bits per heavy atom. The lowest BCUT2D eigenvalue weighted by Crippen LogP contribution is -2.51. The average molecular weight is 399 g/mol.